The Bertz CT molecular complexity index is 473. The predicted molar refractivity (Wildman–Crippen MR) is 79.1 cm³/mol. The number of ether oxygens (including phenoxy) is 1. The molecule has 0 N–H and O–H groups in total. The van der Waals surface area contributed by atoms with E-state index in [1.165, 1.54) is 24.3 Å². The largest absolute Gasteiger partial charge is 0.455 e. The fourth-order valence-electron chi connectivity index (χ4n) is 1.27. The van der Waals surface area contributed by atoms with Crippen LogP contribution in [-0.4, -0.2) is 26.7 Å². The van der Waals surface area contributed by atoms with Crippen LogP contribution in [0.15, 0.2) is 24.3 Å². The molecule has 0 aromatic heterocycles. The molecule has 0 bridgehead atoms. The monoisotopic (exact) mass is 393 g/mol. The van der Waals surface area contributed by atoms with Crippen molar-refractivity contribution in [3.63, 3.8) is 0 Å². The molecular weight excluding hydrogens is 382 g/mol. The minimum Gasteiger partial charge on any atom is -0.455 e. The van der Waals surface area contributed by atoms with Crippen molar-refractivity contribution < 1.29 is 14.5 Å². The summed E-state index contributed by atoms with van der Waals surface area (Å²) in [5.74, 6) is -0.509. The summed E-state index contributed by atoms with van der Waals surface area (Å²) in [5.41, 5.74) is -0.467. The minimum absolute atomic E-state index is 0.0398. The lowest BCUT2D eigenvalue weighted by molar-refractivity contribution is -0.384. The molecule has 0 heterocycles. The Morgan fingerprint density at radius 1 is 1.42 bits per heavy atom. The minimum atomic E-state index is -0.692. The molecule has 5 nitrogen and oxygen atoms in total. The Labute approximate surface area is 127 Å². The molecule has 0 saturated heterocycles. The Morgan fingerprint density at radius 3 is 2.37 bits per heavy atom. The molecule has 0 spiro atoms. The molecule has 0 aliphatic heterocycles. The number of carbonyl (C=O) groups is 1. The molecule has 0 aliphatic carbocycles. The predicted octanol–water partition coefficient (Wildman–Crippen LogP) is 3.69. The number of nitrogens with zero attached hydrogens (tertiary/aromatic N) is 1. The van der Waals surface area contributed by atoms with E-state index in [1.54, 1.807) is 13.8 Å². The number of esters is 1. The molecule has 1 unspecified atom stereocenters. The first-order chi connectivity index (χ1) is 8.77. The number of nitro groups is 1. The molecule has 1 aromatic rings. The van der Waals surface area contributed by atoms with Gasteiger partial charge in [-0.2, -0.15) is 0 Å². The molecule has 0 amide bonds. The third-order valence-electron chi connectivity index (χ3n) is 2.56. The van der Waals surface area contributed by atoms with Gasteiger partial charge in [0.25, 0.3) is 5.69 Å². The topological polar surface area (TPSA) is 69.4 Å². The number of hydrogen-bond donors (Lipinski definition) is 0. The van der Waals surface area contributed by atoms with Crippen LogP contribution in [0.2, 0.25) is 0 Å². The highest BCUT2D eigenvalue weighted by Crippen LogP contribution is 2.25. The lowest BCUT2D eigenvalue weighted by Gasteiger charge is -2.29. The van der Waals surface area contributed by atoms with Gasteiger partial charge in [-0.05, 0) is 26.0 Å². The van der Waals surface area contributed by atoms with Crippen LogP contribution in [0.4, 0.5) is 5.69 Å². The van der Waals surface area contributed by atoms with Gasteiger partial charge in [0, 0.05) is 17.5 Å². The standard InChI is InChI=1S/C12H13Br2NO4/c1-12(2,10(14)7-13)19-11(16)8-3-5-9(6-4-8)15(17)18/h3-6,10H,7H2,1-2H3. The zero-order valence-corrected chi connectivity index (χ0v) is 13.6. The van der Waals surface area contributed by atoms with Crippen LogP contribution in [0.3, 0.4) is 0 Å². The molecule has 104 valence electrons. The summed E-state index contributed by atoms with van der Waals surface area (Å²) in [7, 11) is 0. The van der Waals surface area contributed by atoms with Crippen molar-refractivity contribution in [1.29, 1.82) is 0 Å². The zero-order valence-electron chi connectivity index (χ0n) is 10.4. The van der Waals surface area contributed by atoms with Crippen molar-refractivity contribution in [2.45, 2.75) is 24.3 Å². The number of carbonyl (C=O) groups excluding carboxylic acids is 1. The summed E-state index contributed by atoms with van der Waals surface area (Å²) in [6, 6.07) is 5.32. The Morgan fingerprint density at radius 2 is 1.95 bits per heavy atom. The van der Waals surface area contributed by atoms with Crippen LogP contribution >= 0.6 is 31.9 Å². The Kier molecular flexibility index (Phi) is 5.49. The van der Waals surface area contributed by atoms with Gasteiger partial charge in [0.2, 0.25) is 0 Å². The third kappa shape index (κ3) is 4.28. The highest BCUT2D eigenvalue weighted by atomic mass is 79.9. The average molecular weight is 395 g/mol. The van der Waals surface area contributed by atoms with E-state index >= 15 is 0 Å². The molecule has 0 saturated carbocycles. The van der Waals surface area contributed by atoms with Crippen molar-refractivity contribution in [1.82, 2.24) is 0 Å². The first-order valence-corrected chi connectivity index (χ1v) is 7.49. The second-order valence-corrected chi connectivity index (χ2v) is 6.17. The van der Waals surface area contributed by atoms with E-state index in [1.807, 2.05) is 0 Å². The van der Waals surface area contributed by atoms with Crippen molar-refractivity contribution in [3.8, 4) is 0 Å². The first kappa shape index (κ1) is 16.1. The first-order valence-electron chi connectivity index (χ1n) is 5.45. The molecule has 0 fully saturated rings. The maximum atomic E-state index is 11.9. The number of nitro benzene ring substituents is 1. The molecule has 1 rings (SSSR count). The molecule has 1 atom stereocenters. The highest BCUT2D eigenvalue weighted by Gasteiger charge is 2.31. The van der Waals surface area contributed by atoms with Crippen molar-refractivity contribution in [3.05, 3.63) is 39.9 Å². The van der Waals surface area contributed by atoms with Crippen LogP contribution < -0.4 is 0 Å². The third-order valence-corrected chi connectivity index (χ3v) is 5.50. The SMILES string of the molecule is CC(C)(OC(=O)c1ccc([N+](=O)[O-])cc1)C(Br)CBr. The second-order valence-electron chi connectivity index (χ2n) is 4.42. The smallest absolute Gasteiger partial charge is 0.338 e. The summed E-state index contributed by atoms with van der Waals surface area (Å²) in [5, 5.41) is 11.1. The van der Waals surface area contributed by atoms with Crippen LogP contribution in [-0.2, 0) is 4.74 Å². The van der Waals surface area contributed by atoms with Gasteiger partial charge in [-0.25, -0.2) is 4.79 Å². The Hall–Kier alpha value is -0.950. The van der Waals surface area contributed by atoms with Gasteiger partial charge in [-0.15, -0.1) is 0 Å². The van der Waals surface area contributed by atoms with Crippen molar-refractivity contribution >= 4 is 43.5 Å². The molecule has 0 aliphatic rings. The van der Waals surface area contributed by atoms with Crippen LogP contribution in [0.5, 0.6) is 0 Å². The van der Waals surface area contributed by atoms with Crippen molar-refractivity contribution in [2.75, 3.05) is 5.33 Å². The van der Waals surface area contributed by atoms with Crippen LogP contribution in [0.25, 0.3) is 0 Å². The quantitative estimate of drug-likeness (QED) is 0.330. The average Bonchev–Trinajstić information content (AvgIpc) is 2.37. The van der Waals surface area contributed by atoms with E-state index in [0.717, 1.165) is 0 Å². The van der Waals surface area contributed by atoms with Gasteiger partial charge >= 0.3 is 5.97 Å². The normalized spacial score (nSPS) is 12.8. The highest BCUT2D eigenvalue weighted by molar-refractivity contribution is 9.12. The maximum absolute atomic E-state index is 11.9. The zero-order chi connectivity index (χ0) is 14.6. The molecule has 19 heavy (non-hydrogen) atoms. The van der Waals surface area contributed by atoms with Gasteiger partial charge < -0.3 is 4.74 Å². The van der Waals surface area contributed by atoms with E-state index in [4.69, 9.17) is 4.74 Å². The number of benzene rings is 1. The van der Waals surface area contributed by atoms with E-state index in [-0.39, 0.29) is 16.1 Å². The second kappa shape index (κ2) is 6.47. The lowest BCUT2D eigenvalue weighted by Crippen LogP contribution is -2.38. The summed E-state index contributed by atoms with van der Waals surface area (Å²) in [6.07, 6.45) is 0. The molecular formula is C12H13Br2NO4. The fraction of sp³-hybridized carbons (Fsp3) is 0.417. The van der Waals surface area contributed by atoms with Crippen molar-refractivity contribution in [2.24, 2.45) is 0 Å². The van der Waals surface area contributed by atoms with Crippen LogP contribution in [0.1, 0.15) is 24.2 Å². The summed E-state index contributed by atoms with van der Waals surface area (Å²) in [6.45, 7) is 3.58. The summed E-state index contributed by atoms with van der Waals surface area (Å²) < 4.78 is 5.39. The molecule has 0 radical (unpaired) electrons. The number of alkyl halides is 2. The van der Waals surface area contributed by atoms with E-state index < -0.39 is 16.5 Å². The summed E-state index contributed by atoms with van der Waals surface area (Å²) >= 11 is 6.73. The Balaban J connectivity index is 2.81. The number of hydrogen-bond acceptors (Lipinski definition) is 4. The van der Waals surface area contributed by atoms with Gasteiger partial charge in [0.1, 0.15) is 5.60 Å². The molecule has 1 aromatic carbocycles. The van der Waals surface area contributed by atoms with E-state index in [2.05, 4.69) is 31.9 Å². The molecule has 7 heteroatoms. The van der Waals surface area contributed by atoms with Gasteiger partial charge in [-0.1, -0.05) is 31.9 Å². The van der Waals surface area contributed by atoms with Gasteiger partial charge in [0.05, 0.1) is 15.3 Å². The maximum Gasteiger partial charge on any atom is 0.338 e. The number of non-ortho nitro benzene ring substituents is 1. The number of halogens is 2. The lowest BCUT2D eigenvalue weighted by atomic mass is 10.1. The summed E-state index contributed by atoms with van der Waals surface area (Å²) in [4.78, 5) is 21.9. The van der Waals surface area contributed by atoms with Gasteiger partial charge in [0.15, 0.2) is 0 Å². The van der Waals surface area contributed by atoms with Crippen LogP contribution in [0, 0.1) is 10.1 Å². The fourth-order valence-corrected chi connectivity index (χ4v) is 2.14. The van der Waals surface area contributed by atoms with E-state index in [0.29, 0.717) is 5.33 Å². The number of rotatable bonds is 5. The van der Waals surface area contributed by atoms with E-state index in [9.17, 15) is 14.9 Å². The van der Waals surface area contributed by atoms with Gasteiger partial charge in [-0.3, -0.25) is 10.1 Å².